The van der Waals surface area contributed by atoms with E-state index in [1.165, 1.54) is 19.2 Å². The molecule has 92 valence electrons. The first-order valence-electron chi connectivity index (χ1n) is 5.54. The molecule has 0 saturated carbocycles. The third-order valence-corrected chi connectivity index (χ3v) is 2.51. The van der Waals surface area contributed by atoms with E-state index in [-0.39, 0.29) is 17.1 Å². The van der Waals surface area contributed by atoms with Gasteiger partial charge in [-0.25, -0.2) is 4.79 Å². The van der Waals surface area contributed by atoms with Gasteiger partial charge in [-0.05, 0) is 24.6 Å². The second-order valence-electron chi connectivity index (χ2n) is 3.75. The van der Waals surface area contributed by atoms with Crippen LogP contribution in [0.2, 0.25) is 0 Å². The first-order valence-corrected chi connectivity index (χ1v) is 5.54. The van der Waals surface area contributed by atoms with Crippen molar-refractivity contribution in [2.24, 2.45) is 0 Å². The summed E-state index contributed by atoms with van der Waals surface area (Å²) in [6.45, 7) is 2.00. The van der Waals surface area contributed by atoms with E-state index in [0.717, 1.165) is 12.8 Å². The molecule has 0 spiro atoms. The number of carboxylic acid groups (broad SMARTS) is 1. The van der Waals surface area contributed by atoms with Crippen LogP contribution < -0.4 is 4.74 Å². The van der Waals surface area contributed by atoms with Gasteiger partial charge < -0.3 is 9.84 Å². The van der Waals surface area contributed by atoms with Crippen LogP contribution in [-0.4, -0.2) is 24.0 Å². The first kappa shape index (κ1) is 13.2. The van der Waals surface area contributed by atoms with E-state index in [1.54, 1.807) is 6.07 Å². The molecule has 4 heteroatoms. The van der Waals surface area contributed by atoms with E-state index in [0.29, 0.717) is 12.0 Å². The quantitative estimate of drug-likeness (QED) is 0.771. The van der Waals surface area contributed by atoms with Crippen molar-refractivity contribution in [2.75, 3.05) is 7.11 Å². The molecule has 0 aliphatic carbocycles. The zero-order valence-corrected chi connectivity index (χ0v) is 10.0. The zero-order valence-electron chi connectivity index (χ0n) is 10.0. The largest absolute Gasteiger partial charge is 0.496 e. The Morgan fingerprint density at radius 2 is 2.06 bits per heavy atom. The molecule has 0 aliphatic rings. The normalized spacial score (nSPS) is 10.0. The van der Waals surface area contributed by atoms with Crippen LogP contribution in [0.5, 0.6) is 5.75 Å². The van der Waals surface area contributed by atoms with E-state index in [1.807, 2.05) is 6.92 Å². The van der Waals surface area contributed by atoms with E-state index < -0.39 is 5.97 Å². The van der Waals surface area contributed by atoms with Crippen LogP contribution >= 0.6 is 0 Å². The lowest BCUT2D eigenvalue weighted by molar-refractivity contribution is 0.0693. The highest BCUT2D eigenvalue weighted by atomic mass is 16.5. The maximum absolute atomic E-state index is 11.7. The van der Waals surface area contributed by atoms with Crippen molar-refractivity contribution in [1.82, 2.24) is 0 Å². The molecule has 1 rings (SSSR count). The fraction of sp³-hybridized carbons (Fsp3) is 0.385. The second-order valence-corrected chi connectivity index (χ2v) is 3.75. The van der Waals surface area contributed by atoms with Crippen molar-refractivity contribution >= 4 is 11.8 Å². The minimum atomic E-state index is -1.09. The summed E-state index contributed by atoms with van der Waals surface area (Å²) < 4.78 is 4.93. The molecule has 0 aliphatic heterocycles. The summed E-state index contributed by atoms with van der Waals surface area (Å²) >= 11 is 0. The first-order chi connectivity index (χ1) is 8.10. The van der Waals surface area contributed by atoms with Crippen molar-refractivity contribution in [3.63, 3.8) is 0 Å². The van der Waals surface area contributed by atoms with Crippen LogP contribution in [0.3, 0.4) is 0 Å². The number of carbonyl (C=O) groups is 2. The number of rotatable bonds is 6. The Kier molecular flexibility index (Phi) is 4.69. The third-order valence-electron chi connectivity index (χ3n) is 2.51. The minimum absolute atomic E-state index is 0.0230. The summed E-state index contributed by atoms with van der Waals surface area (Å²) in [5, 5.41) is 8.99. The number of Topliss-reactive ketones (excluding diaryl/α,β-unsaturated/α-hetero) is 1. The lowest BCUT2D eigenvalue weighted by Crippen LogP contribution is -2.05. The summed E-state index contributed by atoms with van der Waals surface area (Å²) in [6.07, 6.45) is 2.20. The molecule has 0 fully saturated rings. The monoisotopic (exact) mass is 236 g/mol. The van der Waals surface area contributed by atoms with Gasteiger partial charge in [-0.3, -0.25) is 4.79 Å². The number of ether oxygens (including phenoxy) is 1. The Balaban J connectivity index is 2.99. The maximum atomic E-state index is 11.7. The van der Waals surface area contributed by atoms with Gasteiger partial charge in [0.25, 0.3) is 0 Å². The molecule has 0 unspecified atom stereocenters. The standard InChI is InChI=1S/C13H16O4/c1-3-4-5-11(14)9-6-7-12(17-2)10(8-9)13(15)16/h6-8H,3-5H2,1-2H3,(H,15,16). The van der Waals surface area contributed by atoms with Crippen LogP contribution in [0.4, 0.5) is 0 Å². The zero-order chi connectivity index (χ0) is 12.8. The summed E-state index contributed by atoms with van der Waals surface area (Å²) in [5.74, 6) is -0.853. The van der Waals surface area contributed by atoms with Gasteiger partial charge in [-0.15, -0.1) is 0 Å². The number of ketones is 1. The number of unbranched alkanes of at least 4 members (excludes halogenated alkanes) is 1. The third kappa shape index (κ3) is 3.31. The number of carboxylic acids is 1. The van der Waals surface area contributed by atoms with Gasteiger partial charge in [-0.2, -0.15) is 0 Å². The van der Waals surface area contributed by atoms with Crippen molar-refractivity contribution in [2.45, 2.75) is 26.2 Å². The van der Waals surface area contributed by atoms with Crippen molar-refractivity contribution in [1.29, 1.82) is 0 Å². The molecule has 0 amide bonds. The highest BCUT2D eigenvalue weighted by molar-refractivity contribution is 6.00. The molecule has 1 aromatic rings. The smallest absolute Gasteiger partial charge is 0.339 e. The highest BCUT2D eigenvalue weighted by Gasteiger charge is 2.14. The molecule has 17 heavy (non-hydrogen) atoms. The number of methoxy groups -OCH3 is 1. The van der Waals surface area contributed by atoms with Crippen molar-refractivity contribution in [3.05, 3.63) is 29.3 Å². The van der Waals surface area contributed by atoms with E-state index in [2.05, 4.69) is 0 Å². The summed E-state index contributed by atoms with van der Waals surface area (Å²) in [4.78, 5) is 22.7. The summed E-state index contributed by atoms with van der Waals surface area (Å²) in [7, 11) is 1.40. The number of carbonyl (C=O) groups excluding carboxylic acids is 1. The predicted molar refractivity (Wildman–Crippen MR) is 63.8 cm³/mol. The average molecular weight is 236 g/mol. The van der Waals surface area contributed by atoms with Gasteiger partial charge in [0.05, 0.1) is 7.11 Å². The number of hydrogen-bond donors (Lipinski definition) is 1. The second kappa shape index (κ2) is 6.03. The molecule has 0 atom stereocenters. The van der Waals surface area contributed by atoms with Crippen LogP contribution in [-0.2, 0) is 0 Å². The van der Waals surface area contributed by atoms with E-state index in [4.69, 9.17) is 9.84 Å². The van der Waals surface area contributed by atoms with Gasteiger partial charge in [0.1, 0.15) is 11.3 Å². The molecule has 1 aromatic carbocycles. The predicted octanol–water partition coefficient (Wildman–Crippen LogP) is 2.77. The van der Waals surface area contributed by atoms with Gasteiger partial charge in [0.2, 0.25) is 0 Å². The lowest BCUT2D eigenvalue weighted by Gasteiger charge is -2.06. The van der Waals surface area contributed by atoms with Gasteiger partial charge >= 0.3 is 5.97 Å². The van der Waals surface area contributed by atoms with Gasteiger partial charge in [0, 0.05) is 12.0 Å². The molecule has 4 nitrogen and oxygen atoms in total. The fourth-order valence-electron chi connectivity index (χ4n) is 1.53. The minimum Gasteiger partial charge on any atom is -0.496 e. The number of hydrogen-bond acceptors (Lipinski definition) is 3. The lowest BCUT2D eigenvalue weighted by atomic mass is 10.0. The maximum Gasteiger partial charge on any atom is 0.339 e. The van der Waals surface area contributed by atoms with Crippen LogP contribution in [0.15, 0.2) is 18.2 Å². The summed E-state index contributed by atoms with van der Waals surface area (Å²) in [6, 6.07) is 4.49. The Hall–Kier alpha value is -1.84. The van der Waals surface area contributed by atoms with Gasteiger partial charge in [-0.1, -0.05) is 13.3 Å². The Bertz CT molecular complexity index is 423. The SMILES string of the molecule is CCCCC(=O)c1ccc(OC)c(C(=O)O)c1. The molecule has 1 N–H and O–H groups in total. The number of benzene rings is 1. The van der Waals surface area contributed by atoms with Crippen LogP contribution in [0, 0.1) is 0 Å². The Morgan fingerprint density at radius 3 is 2.59 bits per heavy atom. The highest BCUT2D eigenvalue weighted by Crippen LogP contribution is 2.21. The Morgan fingerprint density at radius 1 is 1.35 bits per heavy atom. The van der Waals surface area contributed by atoms with Crippen LogP contribution in [0.1, 0.15) is 46.9 Å². The molecular weight excluding hydrogens is 220 g/mol. The fourth-order valence-corrected chi connectivity index (χ4v) is 1.53. The van der Waals surface area contributed by atoms with Gasteiger partial charge in [0.15, 0.2) is 5.78 Å². The van der Waals surface area contributed by atoms with E-state index in [9.17, 15) is 9.59 Å². The van der Waals surface area contributed by atoms with E-state index >= 15 is 0 Å². The molecule has 0 aromatic heterocycles. The Labute approximate surface area is 100 Å². The molecule has 0 saturated heterocycles. The molecule has 0 heterocycles. The topological polar surface area (TPSA) is 63.6 Å². The van der Waals surface area contributed by atoms with Crippen LogP contribution in [0.25, 0.3) is 0 Å². The molecule has 0 radical (unpaired) electrons. The molecular formula is C13H16O4. The molecule has 0 bridgehead atoms. The summed E-state index contributed by atoms with van der Waals surface area (Å²) in [5.41, 5.74) is 0.450. The van der Waals surface area contributed by atoms with Crippen molar-refractivity contribution in [3.8, 4) is 5.75 Å². The number of aromatic carboxylic acids is 1. The van der Waals surface area contributed by atoms with Crippen molar-refractivity contribution < 1.29 is 19.4 Å². The average Bonchev–Trinajstić information content (AvgIpc) is 2.34.